The monoisotopic (exact) mass is 895 g/mol. The van der Waals surface area contributed by atoms with Crippen molar-refractivity contribution < 1.29 is 63.1 Å². The maximum Gasteiger partial charge on any atom is 0.472 e. The first-order chi connectivity index (χ1) is 29.4. The number of hydrogen-bond donors (Lipinski definition) is 6. The number of phosphoric acid groups is 1. The van der Waals surface area contributed by atoms with Crippen LogP contribution in [0.15, 0.2) is 0 Å². The number of carbonyl (C=O) groups excluding carboxylic acids is 2. The number of carbonyl (C=O) groups is 2. The molecule has 0 saturated heterocycles. The summed E-state index contributed by atoms with van der Waals surface area (Å²) in [6.07, 6.45) is 25.9. The molecule has 14 heteroatoms. The summed E-state index contributed by atoms with van der Waals surface area (Å²) in [5, 5.41) is 50.2. The second-order valence-electron chi connectivity index (χ2n) is 17.7. The van der Waals surface area contributed by atoms with Crippen molar-refractivity contribution in [2.24, 2.45) is 0 Å². The van der Waals surface area contributed by atoms with Crippen LogP contribution in [0.4, 0.5) is 0 Å². The van der Waals surface area contributed by atoms with Crippen LogP contribution in [-0.2, 0) is 32.7 Å². The maximum atomic E-state index is 12.8. The standard InChI is InChI=1S/C47H91O13P/c1-3-5-7-9-11-13-15-16-17-18-19-20-21-22-23-24-26-28-30-32-34-36-41(49)59-39(37-57-40(48)35-33-31-29-27-25-14-12-10-8-6-4-2)38-58-61(55,56)60-47-45(53)43(51)42(50)44(52)46(47)54/h39,42-47,50-54H,3-38H2,1-2H3,(H,55,56). The third-order valence-corrected chi connectivity index (χ3v) is 12.9. The van der Waals surface area contributed by atoms with Crippen molar-refractivity contribution in [1.29, 1.82) is 0 Å². The molecule has 0 bridgehead atoms. The van der Waals surface area contributed by atoms with Crippen LogP contribution in [0.2, 0.25) is 0 Å². The lowest BCUT2D eigenvalue weighted by atomic mass is 9.85. The molecule has 1 aliphatic carbocycles. The van der Waals surface area contributed by atoms with Gasteiger partial charge in [0.05, 0.1) is 6.61 Å². The van der Waals surface area contributed by atoms with Crippen LogP contribution in [0.25, 0.3) is 0 Å². The molecule has 61 heavy (non-hydrogen) atoms. The van der Waals surface area contributed by atoms with Crippen LogP contribution >= 0.6 is 7.82 Å². The average molecular weight is 895 g/mol. The van der Waals surface area contributed by atoms with Crippen molar-refractivity contribution in [3.8, 4) is 0 Å². The molecule has 1 rings (SSSR count). The van der Waals surface area contributed by atoms with Crippen LogP contribution in [-0.4, -0.2) is 98.3 Å². The van der Waals surface area contributed by atoms with Gasteiger partial charge >= 0.3 is 19.8 Å². The van der Waals surface area contributed by atoms with Crippen LogP contribution in [0.3, 0.4) is 0 Å². The summed E-state index contributed by atoms with van der Waals surface area (Å²) in [6, 6.07) is 0. The van der Waals surface area contributed by atoms with E-state index in [9.17, 15) is 44.6 Å². The zero-order valence-electron chi connectivity index (χ0n) is 38.5. The number of unbranched alkanes of at least 4 members (excludes halogenated alkanes) is 30. The topological polar surface area (TPSA) is 210 Å². The van der Waals surface area contributed by atoms with Gasteiger partial charge in [0.2, 0.25) is 0 Å². The Hall–Kier alpha value is -1.15. The first kappa shape index (κ1) is 57.9. The Balaban J connectivity index is 2.36. The molecule has 0 aromatic carbocycles. The van der Waals surface area contributed by atoms with Gasteiger partial charge in [-0.2, -0.15) is 0 Å². The minimum atomic E-state index is -5.11. The fourth-order valence-corrected chi connectivity index (χ4v) is 8.91. The molecular formula is C47H91O13P. The molecule has 0 radical (unpaired) electrons. The molecule has 362 valence electrons. The predicted octanol–water partition coefficient (Wildman–Crippen LogP) is 10.1. The van der Waals surface area contributed by atoms with Gasteiger partial charge in [-0.15, -0.1) is 0 Å². The Bertz CT molecular complexity index is 1080. The van der Waals surface area contributed by atoms with E-state index in [-0.39, 0.29) is 12.8 Å². The maximum absolute atomic E-state index is 12.8. The second kappa shape index (κ2) is 38.2. The van der Waals surface area contributed by atoms with Crippen LogP contribution in [0.5, 0.6) is 0 Å². The molecular weight excluding hydrogens is 803 g/mol. The van der Waals surface area contributed by atoms with E-state index in [0.717, 1.165) is 38.5 Å². The fourth-order valence-electron chi connectivity index (χ4n) is 7.94. The zero-order valence-corrected chi connectivity index (χ0v) is 39.4. The number of ether oxygens (including phenoxy) is 2. The summed E-state index contributed by atoms with van der Waals surface area (Å²) in [6.45, 7) is 3.32. The predicted molar refractivity (Wildman–Crippen MR) is 240 cm³/mol. The highest BCUT2D eigenvalue weighted by Gasteiger charge is 2.51. The smallest absolute Gasteiger partial charge is 0.462 e. The molecule has 1 aliphatic rings. The molecule has 0 aromatic heterocycles. The Kier molecular flexibility index (Phi) is 36.2. The number of hydrogen-bond acceptors (Lipinski definition) is 12. The van der Waals surface area contributed by atoms with Gasteiger partial charge in [-0.3, -0.25) is 18.6 Å². The van der Waals surface area contributed by atoms with E-state index in [0.29, 0.717) is 12.8 Å². The largest absolute Gasteiger partial charge is 0.472 e. The number of esters is 2. The van der Waals surface area contributed by atoms with E-state index in [4.69, 9.17) is 18.5 Å². The summed E-state index contributed by atoms with van der Waals surface area (Å²) in [7, 11) is -5.11. The van der Waals surface area contributed by atoms with Crippen molar-refractivity contribution in [2.75, 3.05) is 13.2 Å². The van der Waals surface area contributed by atoms with Crippen molar-refractivity contribution in [2.45, 2.75) is 275 Å². The number of rotatable bonds is 42. The van der Waals surface area contributed by atoms with Crippen molar-refractivity contribution >= 4 is 19.8 Å². The fraction of sp³-hybridized carbons (Fsp3) is 0.957. The minimum Gasteiger partial charge on any atom is -0.462 e. The molecule has 0 amide bonds. The number of aliphatic hydroxyl groups is 5. The third-order valence-electron chi connectivity index (χ3n) is 11.9. The second-order valence-corrected chi connectivity index (χ2v) is 19.1. The van der Waals surface area contributed by atoms with Gasteiger partial charge in [0.15, 0.2) is 6.10 Å². The van der Waals surface area contributed by atoms with Gasteiger partial charge < -0.3 is 39.9 Å². The lowest BCUT2D eigenvalue weighted by Gasteiger charge is -2.41. The van der Waals surface area contributed by atoms with Crippen LogP contribution in [0, 0.1) is 0 Å². The summed E-state index contributed by atoms with van der Waals surface area (Å²) < 4.78 is 33.6. The summed E-state index contributed by atoms with van der Waals surface area (Å²) in [4.78, 5) is 35.7. The third kappa shape index (κ3) is 30.6. The van der Waals surface area contributed by atoms with Gasteiger partial charge in [0.25, 0.3) is 0 Å². The lowest BCUT2D eigenvalue weighted by Crippen LogP contribution is -2.64. The highest BCUT2D eigenvalue weighted by molar-refractivity contribution is 7.47. The van der Waals surface area contributed by atoms with Gasteiger partial charge in [-0.05, 0) is 12.8 Å². The summed E-state index contributed by atoms with van der Waals surface area (Å²) >= 11 is 0. The lowest BCUT2D eigenvalue weighted by molar-refractivity contribution is -0.220. The average Bonchev–Trinajstić information content (AvgIpc) is 3.24. The van der Waals surface area contributed by atoms with Crippen molar-refractivity contribution in [3.05, 3.63) is 0 Å². The normalized spacial score (nSPS) is 21.9. The SMILES string of the molecule is CCCCCCCCCCCCCCCCCCCCCCCC(=O)OC(COC(=O)CCCCCCCCCCCCC)COP(=O)(O)OC1C(O)C(O)C(O)C(O)C1O. The highest BCUT2D eigenvalue weighted by Crippen LogP contribution is 2.47. The first-order valence-corrected chi connectivity index (χ1v) is 26.3. The van der Waals surface area contributed by atoms with Crippen molar-refractivity contribution in [3.63, 3.8) is 0 Å². The van der Waals surface area contributed by atoms with Gasteiger partial charge in [-0.1, -0.05) is 206 Å². The van der Waals surface area contributed by atoms with Gasteiger partial charge in [-0.25, -0.2) is 4.57 Å². The first-order valence-electron chi connectivity index (χ1n) is 24.8. The summed E-state index contributed by atoms with van der Waals surface area (Å²) in [5.41, 5.74) is 0. The van der Waals surface area contributed by atoms with Crippen molar-refractivity contribution in [1.82, 2.24) is 0 Å². The molecule has 0 aromatic rings. The molecule has 0 heterocycles. The Morgan fingerprint density at radius 1 is 0.443 bits per heavy atom. The zero-order chi connectivity index (χ0) is 45.0. The molecule has 1 saturated carbocycles. The molecule has 0 spiro atoms. The highest BCUT2D eigenvalue weighted by atomic mass is 31.2. The Labute approximate surface area is 370 Å². The summed E-state index contributed by atoms with van der Waals surface area (Å²) in [5.74, 6) is -1.08. The van der Waals surface area contributed by atoms with E-state index in [1.807, 2.05) is 0 Å². The Morgan fingerprint density at radius 2 is 0.738 bits per heavy atom. The van der Waals surface area contributed by atoms with E-state index in [2.05, 4.69) is 13.8 Å². The van der Waals surface area contributed by atoms with E-state index >= 15 is 0 Å². The van der Waals surface area contributed by atoms with Gasteiger partial charge in [0.1, 0.15) is 43.2 Å². The molecule has 1 fully saturated rings. The molecule has 0 aliphatic heterocycles. The van der Waals surface area contributed by atoms with E-state index in [1.54, 1.807) is 0 Å². The van der Waals surface area contributed by atoms with Crippen LogP contribution < -0.4 is 0 Å². The molecule has 13 nitrogen and oxygen atoms in total. The molecule has 6 N–H and O–H groups in total. The Morgan fingerprint density at radius 3 is 1.08 bits per heavy atom. The number of aliphatic hydroxyl groups excluding tert-OH is 5. The van der Waals surface area contributed by atoms with E-state index < -0.39 is 75.7 Å². The van der Waals surface area contributed by atoms with E-state index in [1.165, 1.54) is 154 Å². The van der Waals surface area contributed by atoms with Crippen LogP contribution in [0.1, 0.15) is 232 Å². The quantitative estimate of drug-likeness (QED) is 0.0192. The molecule has 6 atom stereocenters. The molecule has 6 unspecified atom stereocenters. The van der Waals surface area contributed by atoms with Gasteiger partial charge in [0, 0.05) is 12.8 Å². The number of phosphoric ester groups is 1. The minimum absolute atomic E-state index is 0.105.